The SMILES string of the molecule is O=C(c1ccccc1)c1cccc(S(=O)(=O)O)c1OC(O)O. The summed E-state index contributed by atoms with van der Waals surface area (Å²) in [6.07, 6.45) is 0. The molecule has 0 aliphatic rings. The molecule has 2 aromatic carbocycles. The zero-order valence-corrected chi connectivity index (χ0v) is 11.9. The van der Waals surface area contributed by atoms with Crippen LogP contribution in [-0.4, -0.2) is 35.4 Å². The molecule has 2 aromatic rings. The lowest BCUT2D eigenvalue weighted by Crippen LogP contribution is -2.18. The van der Waals surface area contributed by atoms with Gasteiger partial charge in [-0.1, -0.05) is 36.4 Å². The molecule has 2 rings (SSSR count). The van der Waals surface area contributed by atoms with Crippen molar-refractivity contribution in [1.82, 2.24) is 0 Å². The second-order valence-electron chi connectivity index (χ2n) is 4.25. The predicted octanol–water partition coefficient (Wildman–Crippen LogP) is 0.811. The number of hydrogen-bond acceptors (Lipinski definition) is 6. The molecular formula is C14H12O7S. The number of para-hydroxylation sites is 1. The number of carbonyl (C=O) groups is 1. The first-order valence-electron chi connectivity index (χ1n) is 6.04. The first kappa shape index (κ1) is 16.1. The summed E-state index contributed by atoms with van der Waals surface area (Å²) >= 11 is 0. The van der Waals surface area contributed by atoms with Crippen LogP contribution < -0.4 is 4.74 Å². The lowest BCUT2D eigenvalue weighted by Gasteiger charge is -2.14. The highest BCUT2D eigenvalue weighted by molar-refractivity contribution is 7.86. The molecule has 0 saturated carbocycles. The van der Waals surface area contributed by atoms with Crippen molar-refractivity contribution >= 4 is 15.9 Å². The lowest BCUT2D eigenvalue weighted by atomic mass is 10.0. The summed E-state index contributed by atoms with van der Waals surface area (Å²) in [6, 6.07) is 11.4. The van der Waals surface area contributed by atoms with Gasteiger partial charge in [0.25, 0.3) is 10.1 Å². The number of benzene rings is 2. The molecule has 0 spiro atoms. The molecule has 116 valence electrons. The van der Waals surface area contributed by atoms with E-state index in [4.69, 9.17) is 10.2 Å². The highest BCUT2D eigenvalue weighted by atomic mass is 32.2. The smallest absolute Gasteiger partial charge is 0.310 e. The number of rotatable bonds is 5. The molecule has 0 saturated heterocycles. The minimum atomic E-state index is -4.72. The Bertz CT molecular complexity index is 782. The Morgan fingerprint density at radius 1 is 1.00 bits per heavy atom. The quantitative estimate of drug-likeness (QED) is 0.423. The van der Waals surface area contributed by atoms with Crippen molar-refractivity contribution in [2.75, 3.05) is 0 Å². The molecule has 0 unspecified atom stereocenters. The van der Waals surface area contributed by atoms with Crippen LogP contribution in [0.5, 0.6) is 5.75 Å². The van der Waals surface area contributed by atoms with E-state index in [9.17, 15) is 17.8 Å². The van der Waals surface area contributed by atoms with E-state index in [2.05, 4.69) is 4.74 Å². The third-order valence-corrected chi connectivity index (χ3v) is 3.64. The van der Waals surface area contributed by atoms with Crippen LogP contribution in [0.2, 0.25) is 0 Å². The van der Waals surface area contributed by atoms with Gasteiger partial charge in [0.2, 0.25) is 0 Å². The van der Waals surface area contributed by atoms with Gasteiger partial charge in [-0.15, -0.1) is 0 Å². The molecule has 3 N–H and O–H groups in total. The second-order valence-corrected chi connectivity index (χ2v) is 5.64. The van der Waals surface area contributed by atoms with Gasteiger partial charge >= 0.3 is 6.48 Å². The molecule has 0 atom stereocenters. The number of hydrogen-bond donors (Lipinski definition) is 3. The van der Waals surface area contributed by atoms with Crippen molar-refractivity contribution in [3.05, 3.63) is 59.7 Å². The Hall–Kier alpha value is -2.26. The summed E-state index contributed by atoms with van der Waals surface area (Å²) in [4.78, 5) is 11.7. The maximum absolute atomic E-state index is 12.4. The summed E-state index contributed by atoms with van der Waals surface area (Å²) in [5.41, 5.74) is 0.0155. The summed E-state index contributed by atoms with van der Waals surface area (Å²) in [6.45, 7) is -2.36. The molecule has 8 heteroatoms. The van der Waals surface area contributed by atoms with Gasteiger partial charge in [-0.05, 0) is 12.1 Å². The number of ether oxygens (including phenoxy) is 1. The van der Waals surface area contributed by atoms with Crippen molar-refractivity contribution in [3.8, 4) is 5.75 Å². The minimum absolute atomic E-state index is 0.227. The van der Waals surface area contributed by atoms with Gasteiger partial charge < -0.3 is 14.9 Å². The summed E-state index contributed by atoms with van der Waals surface area (Å²) in [7, 11) is -4.72. The third-order valence-electron chi connectivity index (χ3n) is 2.76. The molecule has 7 nitrogen and oxygen atoms in total. The maximum Gasteiger partial charge on any atom is 0.310 e. The number of aliphatic hydroxyl groups is 2. The standard InChI is InChI=1S/C14H12O7S/c15-12(9-5-2-1-3-6-9)10-7-4-8-11(22(18,19)20)13(10)21-14(16)17/h1-8,14,16-17H,(H,18,19,20). The van der Waals surface area contributed by atoms with Crippen LogP contribution in [0.15, 0.2) is 53.4 Å². The highest BCUT2D eigenvalue weighted by Gasteiger charge is 2.25. The van der Waals surface area contributed by atoms with Crippen LogP contribution in [-0.2, 0) is 10.1 Å². The van der Waals surface area contributed by atoms with E-state index in [-0.39, 0.29) is 11.1 Å². The van der Waals surface area contributed by atoms with Crippen LogP contribution in [0.25, 0.3) is 0 Å². The van der Waals surface area contributed by atoms with Crippen LogP contribution >= 0.6 is 0 Å². The topological polar surface area (TPSA) is 121 Å². The molecule has 22 heavy (non-hydrogen) atoms. The van der Waals surface area contributed by atoms with Crippen molar-refractivity contribution in [2.24, 2.45) is 0 Å². The summed E-state index contributed by atoms with van der Waals surface area (Å²) in [5.74, 6) is -1.23. The van der Waals surface area contributed by atoms with Crippen molar-refractivity contribution in [3.63, 3.8) is 0 Å². The van der Waals surface area contributed by atoms with Crippen LogP contribution in [0.3, 0.4) is 0 Å². The fourth-order valence-electron chi connectivity index (χ4n) is 1.87. The average molecular weight is 324 g/mol. The Morgan fingerprint density at radius 2 is 1.64 bits per heavy atom. The fraction of sp³-hybridized carbons (Fsp3) is 0.0714. The lowest BCUT2D eigenvalue weighted by molar-refractivity contribution is -0.180. The number of carbonyl (C=O) groups excluding carboxylic acids is 1. The third kappa shape index (κ3) is 3.49. The Balaban J connectivity index is 2.63. The molecule has 0 radical (unpaired) electrons. The fourth-order valence-corrected chi connectivity index (χ4v) is 2.51. The molecule has 0 aliphatic carbocycles. The molecule has 0 fully saturated rings. The van der Waals surface area contributed by atoms with Crippen LogP contribution in [0.4, 0.5) is 0 Å². The molecule has 0 bridgehead atoms. The van der Waals surface area contributed by atoms with Crippen LogP contribution in [0.1, 0.15) is 15.9 Å². The predicted molar refractivity (Wildman–Crippen MR) is 75.0 cm³/mol. The normalized spacial score (nSPS) is 11.5. The van der Waals surface area contributed by atoms with Gasteiger partial charge in [-0.3, -0.25) is 9.35 Å². The van der Waals surface area contributed by atoms with Gasteiger partial charge in [0, 0.05) is 5.56 Å². The minimum Gasteiger partial charge on any atom is -0.439 e. The van der Waals surface area contributed by atoms with Crippen molar-refractivity contribution < 1.29 is 32.7 Å². The zero-order valence-electron chi connectivity index (χ0n) is 11.1. The van der Waals surface area contributed by atoms with E-state index < -0.39 is 33.0 Å². The van der Waals surface area contributed by atoms with Crippen molar-refractivity contribution in [1.29, 1.82) is 0 Å². The number of ketones is 1. The van der Waals surface area contributed by atoms with Crippen molar-refractivity contribution in [2.45, 2.75) is 11.4 Å². The largest absolute Gasteiger partial charge is 0.439 e. The molecular weight excluding hydrogens is 312 g/mol. The van der Waals surface area contributed by atoms with E-state index in [1.807, 2.05) is 0 Å². The Labute approximate surface area is 126 Å². The number of aliphatic hydroxyl groups excluding tert-OH is 1. The first-order valence-corrected chi connectivity index (χ1v) is 7.48. The summed E-state index contributed by atoms with van der Waals surface area (Å²) in [5, 5.41) is 17.8. The van der Waals surface area contributed by atoms with E-state index >= 15 is 0 Å². The Kier molecular flexibility index (Phi) is 4.57. The Morgan fingerprint density at radius 3 is 2.18 bits per heavy atom. The van der Waals surface area contributed by atoms with E-state index in [1.54, 1.807) is 18.2 Å². The van der Waals surface area contributed by atoms with E-state index in [1.165, 1.54) is 24.3 Å². The molecule has 0 heterocycles. The van der Waals surface area contributed by atoms with Gasteiger partial charge in [0.05, 0.1) is 5.56 Å². The van der Waals surface area contributed by atoms with Gasteiger partial charge in [-0.25, -0.2) is 0 Å². The van der Waals surface area contributed by atoms with Crippen LogP contribution in [0, 0.1) is 0 Å². The molecule has 0 aliphatic heterocycles. The summed E-state index contributed by atoms with van der Waals surface area (Å²) < 4.78 is 36.5. The molecule has 0 aromatic heterocycles. The second kappa shape index (κ2) is 6.24. The van der Waals surface area contributed by atoms with Gasteiger partial charge in [0.1, 0.15) is 4.90 Å². The first-order chi connectivity index (χ1) is 10.3. The maximum atomic E-state index is 12.4. The molecule has 0 amide bonds. The zero-order chi connectivity index (χ0) is 16.3. The van der Waals surface area contributed by atoms with E-state index in [0.29, 0.717) is 0 Å². The average Bonchev–Trinajstić information content (AvgIpc) is 2.46. The van der Waals surface area contributed by atoms with Gasteiger partial charge in [0.15, 0.2) is 11.5 Å². The highest BCUT2D eigenvalue weighted by Crippen LogP contribution is 2.30. The van der Waals surface area contributed by atoms with E-state index in [0.717, 1.165) is 6.07 Å². The van der Waals surface area contributed by atoms with Gasteiger partial charge in [-0.2, -0.15) is 8.42 Å². The monoisotopic (exact) mass is 324 g/mol.